The second kappa shape index (κ2) is 3.54. The van der Waals surface area contributed by atoms with E-state index in [-0.39, 0.29) is 5.91 Å². The Hall–Kier alpha value is -2.42. The average Bonchev–Trinajstić information content (AvgIpc) is 2.62. The van der Waals surface area contributed by atoms with Crippen LogP contribution in [0.5, 0.6) is 0 Å². The minimum absolute atomic E-state index is 0.0672. The van der Waals surface area contributed by atoms with Gasteiger partial charge in [-0.3, -0.25) is 9.78 Å². The van der Waals surface area contributed by atoms with Crippen molar-refractivity contribution in [2.45, 2.75) is 12.0 Å². The Bertz CT molecular complexity index is 798. The molecule has 0 radical (unpaired) electrons. The van der Waals surface area contributed by atoms with Gasteiger partial charge in [0.05, 0.1) is 11.8 Å². The van der Waals surface area contributed by atoms with E-state index < -0.39 is 5.54 Å². The summed E-state index contributed by atoms with van der Waals surface area (Å²) in [5, 5.41) is 5.14. The van der Waals surface area contributed by atoms with Gasteiger partial charge in [0.1, 0.15) is 5.54 Å². The summed E-state index contributed by atoms with van der Waals surface area (Å²) in [5.74, 6) is 0.0672. The first-order valence-corrected chi connectivity index (χ1v) is 6.34. The molecule has 3 nitrogen and oxygen atoms in total. The van der Waals surface area contributed by atoms with Gasteiger partial charge in [-0.1, -0.05) is 36.4 Å². The zero-order chi connectivity index (χ0) is 12.9. The molecule has 1 aromatic heterocycles. The van der Waals surface area contributed by atoms with Gasteiger partial charge in [-0.25, -0.2) is 0 Å². The van der Waals surface area contributed by atoms with Crippen LogP contribution in [0.2, 0.25) is 0 Å². The van der Waals surface area contributed by atoms with Crippen LogP contribution in [0.15, 0.2) is 54.3 Å². The molecular formula is C16H12N2O. The summed E-state index contributed by atoms with van der Waals surface area (Å²) < 4.78 is 0. The van der Waals surface area contributed by atoms with Gasteiger partial charge in [-0.05, 0) is 23.3 Å². The van der Waals surface area contributed by atoms with E-state index in [9.17, 15) is 4.79 Å². The maximum atomic E-state index is 11.9. The highest BCUT2D eigenvalue weighted by Gasteiger charge is 2.44. The van der Waals surface area contributed by atoms with Crippen LogP contribution in [0, 0.1) is 0 Å². The van der Waals surface area contributed by atoms with E-state index in [2.05, 4.69) is 22.5 Å². The molecule has 0 saturated carbocycles. The van der Waals surface area contributed by atoms with Crippen molar-refractivity contribution in [2.75, 3.05) is 0 Å². The quantitative estimate of drug-likeness (QED) is 0.719. The standard InChI is InChI=1S/C16H12N2O/c19-15-10-13-12-6-4-8-17-14(12)9-11-5-2-1-3-7-16(11,13)18-15/h1-9H,10H2,(H,18,19). The highest BCUT2D eigenvalue weighted by atomic mass is 16.2. The van der Waals surface area contributed by atoms with E-state index in [0.717, 1.165) is 21.7 Å². The van der Waals surface area contributed by atoms with Crippen LogP contribution >= 0.6 is 0 Å². The number of nitrogens with zero attached hydrogens (tertiary/aromatic N) is 1. The monoisotopic (exact) mass is 248 g/mol. The number of aromatic nitrogens is 1. The molecule has 1 aromatic rings. The number of hydrogen-bond donors (Lipinski definition) is 1. The van der Waals surface area contributed by atoms with Gasteiger partial charge >= 0.3 is 0 Å². The number of carbonyl (C=O) groups excluding carboxylic acids is 1. The van der Waals surface area contributed by atoms with Crippen molar-refractivity contribution in [1.82, 2.24) is 10.3 Å². The molecule has 19 heavy (non-hydrogen) atoms. The fourth-order valence-electron chi connectivity index (χ4n) is 3.08. The number of fused-ring (bicyclic) bond motifs is 1. The van der Waals surface area contributed by atoms with Crippen LogP contribution < -0.4 is 15.9 Å². The lowest BCUT2D eigenvalue weighted by atomic mass is 9.79. The lowest BCUT2D eigenvalue weighted by Gasteiger charge is -2.30. The lowest BCUT2D eigenvalue weighted by Crippen LogP contribution is -2.49. The minimum Gasteiger partial charge on any atom is -0.339 e. The molecule has 1 amide bonds. The third-order valence-corrected chi connectivity index (χ3v) is 3.91. The summed E-state index contributed by atoms with van der Waals surface area (Å²) in [5.41, 5.74) is 1.70. The molecule has 1 unspecified atom stereocenters. The largest absolute Gasteiger partial charge is 0.339 e. The summed E-state index contributed by atoms with van der Waals surface area (Å²) in [6.45, 7) is 0. The summed E-state index contributed by atoms with van der Waals surface area (Å²) in [6, 6.07) is 3.96. The molecule has 92 valence electrons. The Kier molecular flexibility index (Phi) is 1.96. The lowest BCUT2D eigenvalue weighted by molar-refractivity contribution is -0.119. The Labute approximate surface area is 110 Å². The third-order valence-electron chi connectivity index (χ3n) is 3.91. The first-order valence-electron chi connectivity index (χ1n) is 6.34. The highest BCUT2D eigenvalue weighted by molar-refractivity contribution is 5.99. The number of pyridine rings is 1. The Balaban J connectivity index is 2.18. The van der Waals surface area contributed by atoms with Crippen molar-refractivity contribution >= 4 is 17.6 Å². The van der Waals surface area contributed by atoms with Crippen molar-refractivity contribution in [3.63, 3.8) is 0 Å². The minimum atomic E-state index is -0.476. The number of rotatable bonds is 0. The molecule has 1 saturated heterocycles. The smallest absolute Gasteiger partial charge is 0.225 e. The number of amides is 1. The van der Waals surface area contributed by atoms with Gasteiger partial charge in [-0.2, -0.15) is 0 Å². The molecule has 2 heterocycles. The topological polar surface area (TPSA) is 42.0 Å². The number of nitrogens with one attached hydrogen (secondary N) is 1. The van der Waals surface area contributed by atoms with Gasteiger partial charge in [0.25, 0.3) is 0 Å². The second-order valence-corrected chi connectivity index (χ2v) is 4.96. The number of carbonyl (C=O) groups is 1. The van der Waals surface area contributed by atoms with Gasteiger partial charge in [0, 0.05) is 11.4 Å². The zero-order valence-corrected chi connectivity index (χ0v) is 10.3. The summed E-state index contributed by atoms with van der Waals surface area (Å²) >= 11 is 0. The molecule has 0 aromatic carbocycles. The number of allylic oxidation sites excluding steroid dienone is 4. The van der Waals surface area contributed by atoms with Crippen LogP contribution in [0.4, 0.5) is 0 Å². The molecule has 1 fully saturated rings. The van der Waals surface area contributed by atoms with E-state index in [1.54, 1.807) is 6.20 Å². The first-order chi connectivity index (χ1) is 9.29. The van der Waals surface area contributed by atoms with Crippen LogP contribution in [0.25, 0.3) is 11.6 Å². The van der Waals surface area contributed by atoms with Crippen molar-refractivity contribution in [3.05, 3.63) is 64.9 Å². The maximum Gasteiger partial charge on any atom is 0.225 e. The normalized spacial score (nSPS) is 26.6. The van der Waals surface area contributed by atoms with Crippen molar-refractivity contribution in [3.8, 4) is 0 Å². The van der Waals surface area contributed by atoms with E-state index in [4.69, 9.17) is 0 Å². The summed E-state index contributed by atoms with van der Waals surface area (Å²) in [6.07, 6.45) is 14.4. The maximum absolute atomic E-state index is 11.9. The van der Waals surface area contributed by atoms with Gasteiger partial charge in [-0.15, -0.1) is 0 Å². The second-order valence-electron chi connectivity index (χ2n) is 4.96. The van der Waals surface area contributed by atoms with E-state index in [0.29, 0.717) is 6.42 Å². The fourth-order valence-corrected chi connectivity index (χ4v) is 3.08. The van der Waals surface area contributed by atoms with Crippen LogP contribution in [0.1, 0.15) is 6.42 Å². The Morgan fingerprint density at radius 3 is 3.16 bits per heavy atom. The number of hydrogen-bond acceptors (Lipinski definition) is 2. The van der Waals surface area contributed by atoms with Crippen LogP contribution in [-0.4, -0.2) is 16.4 Å². The van der Waals surface area contributed by atoms with E-state index in [1.165, 1.54) is 0 Å². The molecule has 0 bridgehead atoms. The molecule has 1 spiro atoms. The highest BCUT2D eigenvalue weighted by Crippen LogP contribution is 2.37. The molecule has 1 aliphatic heterocycles. The summed E-state index contributed by atoms with van der Waals surface area (Å²) in [4.78, 5) is 16.4. The zero-order valence-electron chi connectivity index (χ0n) is 10.3. The average molecular weight is 248 g/mol. The predicted molar refractivity (Wildman–Crippen MR) is 73.2 cm³/mol. The molecule has 2 aliphatic carbocycles. The molecule has 3 aliphatic rings. The van der Waals surface area contributed by atoms with E-state index in [1.807, 2.05) is 36.4 Å². The van der Waals surface area contributed by atoms with Crippen LogP contribution in [-0.2, 0) is 4.79 Å². The van der Waals surface area contributed by atoms with Crippen molar-refractivity contribution < 1.29 is 4.79 Å². The van der Waals surface area contributed by atoms with Crippen molar-refractivity contribution in [2.24, 2.45) is 0 Å². The fraction of sp³-hybridized carbons (Fsp3) is 0.125. The van der Waals surface area contributed by atoms with Gasteiger partial charge in [0.2, 0.25) is 5.91 Å². The molecule has 3 heteroatoms. The van der Waals surface area contributed by atoms with E-state index >= 15 is 0 Å². The first kappa shape index (κ1) is 10.5. The van der Waals surface area contributed by atoms with Crippen molar-refractivity contribution in [1.29, 1.82) is 0 Å². The molecular weight excluding hydrogens is 236 g/mol. The Morgan fingerprint density at radius 2 is 2.21 bits per heavy atom. The van der Waals surface area contributed by atoms with Crippen LogP contribution in [0.3, 0.4) is 0 Å². The Morgan fingerprint density at radius 1 is 1.26 bits per heavy atom. The third kappa shape index (κ3) is 1.32. The molecule has 1 atom stereocenters. The van der Waals surface area contributed by atoms with Gasteiger partial charge in [0.15, 0.2) is 0 Å². The molecule has 1 N–H and O–H groups in total. The van der Waals surface area contributed by atoms with Gasteiger partial charge < -0.3 is 5.32 Å². The SMILES string of the molecule is O=C1CC2=c3cccnc3=CC3=CC=CC=CC32N1. The summed E-state index contributed by atoms with van der Waals surface area (Å²) in [7, 11) is 0. The predicted octanol–water partition coefficient (Wildman–Crippen LogP) is 0.338. The molecule has 4 rings (SSSR count).